The number of piperazine rings is 1. The van der Waals surface area contributed by atoms with Crippen LogP contribution in [0.4, 0.5) is 10.1 Å². The molecule has 1 saturated heterocycles. The molecule has 0 radical (unpaired) electrons. The summed E-state index contributed by atoms with van der Waals surface area (Å²) < 4.78 is 13.2. The van der Waals surface area contributed by atoms with Gasteiger partial charge in [-0.1, -0.05) is 0 Å². The van der Waals surface area contributed by atoms with Gasteiger partial charge in [0, 0.05) is 43.9 Å². The van der Waals surface area contributed by atoms with Gasteiger partial charge in [-0.2, -0.15) is 0 Å². The lowest BCUT2D eigenvalue weighted by atomic mass is 10.1. The van der Waals surface area contributed by atoms with Crippen molar-refractivity contribution in [2.45, 2.75) is 19.5 Å². The van der Waals surface area contributed by atoms with Crippen molar-refractivity contribution in [3.8, 4) is 0 Å². The Labute approximate surface area is 105 Å². The van der Waals surface area contributed by atoms with Crippen molar-refractivity contribution in [2.24, 2.45) is 0 Å². The molecule has 5 nitrogen and oxygen atoms in total. The highest BCUT2D eigenvalue weighted by molar-refractivity contribution is 5.40. The van der Waals surface area contributed by atoms with Gasteiger partial charge in [-0.15, -0.1) is 0 Å². The maximum atomic E-state index is 13.2. The molecule has 0 spiro atoms. The van der Waals surface area contributed by atoms with Crippen LogP contribution in [0.2, 0.25) is 0 Å². The molecule has 98 valence electrons. The van der Waals surface area contributed by atoms with Crippen LogP contribution in [0.15, 0.2) is 18.2 Å². The SMILES string of the molecule is CC1CNCCN1Cc1cc(F)ccc1[N+](=O)[O-]. The molecule has 0 saturated carbocycles. The van der Waals surface area contributed by atoms with Crippen LogP contribution in [0.1, 0.15) is 12.5 Å². The van der Waals surface area contributed by atoms with E-state index < -0.39 is 10.7 Å². The Hall–Kier alpha value is -1.53. The number of rotatable bonds is 3. The van der Waals surface area contributed by atoms with Gasteiger partial charge in [0.2, 0.25) is 0 Å². The van der Waals surface area contributed by atoms with Crippen LogP contribution < -0.4 is 5.32 Å². The molecule has 1 aliphatic heterocycles. The number of nitrogens with one attached hydrogen (secondary N) is 1. The topological polar surface area (TPSA) is 58.4 Å². The first-order valence-electron chi connectivity index (χ1n) is 5.95. The molecule has 0 amide bonds. The summed E-state index contributed by atoms with van der Waals surface area (Å²) in [7, 11) is 0. The predicted molar refractivity (Wildman–Crippen MR) is 65.8 cm³/mol. The standard InChI is InChI=1S/C12H16FN3O2/c1-9-7-14-4-5-15(9)8-10-6-11(13)2-3-12(10)16(17)18/h2-3,6,9,14H,4-5,7-8H2,1H3. The van der Waals surface area contributed by atoms with Crippen LogP contribution in [0.5, 0.6) is 0 Å². The average Bonchev–Trinajstić information content (AvgIpc) is 2.32. The average molecular weight is 253 g/mol. The molecule has 6 heteroatoms. The van der Waals surface area contributed by atoms with Gasteiger partial charge < -0.3 is 5.32 Å². The summed E-state index contributed by atoms with van der Waals surface area (Å²) in [6.07, 6.45) is 0. The van der Waals surface area contributed by atoms with E-state index in [2.05, 4.69) is 17.1 Å². The summed E-state index contributed by atoms with van der Waals surface area (Å²) in [4.78, 5) is 12.6. The number of halogens is 1. The second-order valence-corrected chi connectivity index (χ2v) is 4.55. The molecule has 1 fully saturated rings. The Bertz CT molecular complexity index is 453. The monoisotopic (exact) mass is 253 g/mol. The molecule has 1 heterocycles. The van der Waals surface area contributed by atoms with Crippen molar-refractivity contribution in [1.82, 2.24) is 10.2 Å². The zero-order valence-electron chi connectivity index (χ0n) is 10.2. The van der Waals surface area contributed by atoms with Crippen LogP contribution in [0, 0.1) is 15.9 Å². The summed E-state index contributed by atoms with van der Waals surface area (Å²) in [5.74, 6) is -0.432. The summed E-state index contributed by atoms with van der Waals surface area (Å²) in [5.41, 5.74) is 0.427. The molecule has 0 bridgehead atoms. The van der Waals surface area contributed by atoms with Crippen LogP contribution in [-0.2, 0) is 6.54 Å². The Balaban J connectivity index is 2.21. The van der Waals surface area contributed by atoms with E-state index in [4.69, 9.17) is 0 Å². The molecule has 2 rings (SSSR count). The van der Waals surface area contributed by atoms with Crippen LogP contribution in [0.25, 0.3) is 0 Å². The van der Waals surface area contributed by atoms with Gasteiger partial charge in [0.25, 0.3) is 5.69 Å². The molecule has 1 aromatic rings. The Kier molecular flexibility index (Phi) is 3.88. The molecular formula is C12H16FN3O2. The smallest absolute Gasteiger partial charge is 0.274 e. The third-order valence-corrected chi connectivity index (χ3v) is 3.25. The van der Waals surface area contributed by atoms with E-state index in [0.717, 1.165) is 25.7 Å². The van der Waals surface area contributed by atoms with Crippen LogP contribution >= 0.6 is 0 Å². The van der Waals surface area contributed by atoms with E-state index in [1.165, 1.54) is 12.1 Å². The quantitative estimate of drug-likeness (QED) is 0.655. The Morgan fingerprint density at radius 3 is 3.06 bits per heavy atom. The first-order valence-corrected chi connectivity index (χ1v) is 5.95. The van der Waals surface area contributed by atoms with E-state index in [-0.39, 0.29) is 5.69 Å². The minimum Gasteiger partial charge on any atom is -0.314 e. The van der Waals surface area contributed by atoms with Crippen molar-refractivity contribution in [2.75, 3.05) is 19.6 Å². The Morgan fingerprint density at radius 2 is 2.39 bits per heavy atom. The van der Waals surface area contributed by atoms with Gasteiger partial charge in [0.1, 0.15) is 5.82 Å². The van der Waals surface area contributed by atoms with Crippen molar-refractivity contribution in [1.29, 1.82) is 0 Å². The maximum absolute atomic E-state index is 13.2. The number of benzene rings is 1. The highest BCUT2D eigenvalue weighted by atomic mass is 19.1. The van der Waals surface area contributed by atoms with E-state index in [1.54, 1.807) is 0 Å². The van der Waals surface area contributed by atoms with Gasteiger partial charge in [0.05, 0.1) is 4.92 Å². The molecule has 0 aromatic heterocycles. The largest absolute Gasteiger partial charge is 0.314 e. The number of nitro benzene ring substituents is 1. The second kappa shape index (κ2) is 5.41. The minimum absolute atomic E-state index is 0.0119. The molecule has 18 heavy (non-hydrogen) atoms. The van der Waals surface area contributed by atoms with Crippen molar-refractivity contribution >= 4 is 5.69 Å². The lowest BCUT2D eigenvalue weighted by Gasteiger charge is -2.33. The fourth-order valence-electron chi connectivity index (χ4n) is 2.20. The van der Waals surface area contributed by atoms with Gasteiger partial charge in [-0.3, -0.25) is 15.0 Å². The lowest BCUT2D eigenvalue weighted by Crippen LogP contribution is -2.49. The van der Waals surface area contributed by atoms with Crippen molar-refractivity contribution in [3.63, 3.8) is 0 Å². The zero-order chi connectivity index (χ0) is 13.1. The summed E-state index contributed by atoms with van der Waals surface area (Å²) in [5, 5.41) is 14.2. The molecule has 1 aliphatic rings. The van der Waals surface area contributed by atoms with Crippen LogP contribution in [-0.4, -0.2) is 35.5 Å². The fourth-order valence-corrected chi connectivity index (χ4v) is 2.20. The molecule has 1 atom stereocenters. The zero-order valence-corrected chi connectivity index (χ0v) is 10.2. The molecular weight excluding hydrogens is 237 g/mol. The summed E-state index contributed by atoms with van der Waals surface area (Å²) in [6.45, 7) is 4.99. The fraction of sp³-hybridized carbons (Fsp3) is 0.500. The van der Waals surface area contributed by atoms with Crippen molar-refractivity contribution in [3.05, 3.63) is 39.7 Å². The van der Waals surface area contributed by atoms with E-state index in [0.29, 0.717) is 18.2 Å². The first-order chi connectivity index (χ1) is 8.58. The normalized spacial score (nSPS) is 20.9. The minimum atomic E-state index is -0.457. The lowest BCUT2D eigenvalue weighted by molar-refractivity contribution is -0.385. The highest BCUT2D eigenvalue weighted by Crippen LogP contribution is 2.22. The second-order valence-electron chi connectivity index (χ2n) is 4.55. The van der Waals surface area contributed by atoms with Gasteiger partial charge >= 0.3 is 0 Å². The maximum Gasteiger partial charge on any atom is 0.274 e. The third kappa shape index (κ3) is 2.83. The Morgan fingerprint density at radius 1 is 1.61 bits per heavy atom. The molecule has 1 aromatic carbocycles. The summed E-state index contributed by atoms with van der Waals surface area (Å²) in [6, 6.07) is 3.91. The number of hydrogen-bond donors (Lipinski definition) is 1. The molecule has 1 N–H and O–H groups in total. The van der Waals surface area contributed by atoms with Gasteiger partial charge in [0.15, 0.2) is 0 Å². The number of nitrogens with zero attached hydrogens (tertiary/aromatic N) is 2. The van der Waals surface area contributed by atoms with Crippen molar-refractivity contribution < 1.29 is 9.31 Å². The van der Waals surface area contributed by atoms with Gasteiger partial charge in [-0.05, 0) is 19.1 Å². The number of hydrogen-bond acceptors (Lipinski definition) is 4. The predicted octanol–water partition coefficient (Wildman–Crippen LogP) is 1.53. The van der Waals surface area contributed by atoms with E-state index >= 15 is 0 Å². The molecule has 0 aliphatic carbocycles. The van der Waals surface area contributed by atoms with E-state index in [9.17, 15) is 14.5 Å². The van der Waals surface area contributed by atoms with Gasteiger partial charge in [-0.25, -0.2) is 4.39 Å². The molecule has 1 unspecified atom stereocenters. The van der Waals surface area contributed by atoms with E-state index in [1.807, 2.05) is 0 Å². The van der Waals surface area contributed by atoms with Crippen LogP contribution in [0.3, 0.4) is 0 Å². The number of nitro groups is 1. The highest BCUT2D eigenvalue weighted by Gasteiger charge is 2.22. The third-order valence-electron chi connectivity index (χ3n) is 3.25. The summed E-state index contributed by atoms with van der Waals surface area (Å²) >= 11 is 0. The first kappa shape index (κ1) is 12.9.